The summed E-state index contributed by atoms with van der Waals surface area (Å²) in [6, 6.07) is 3.74. The molecule has 1 aromatic rings. The number of nitrogens with one attached hydrogen (secondary N) is 1. The minimum atomic E-state index is -0.0418. The van der Waals surface area contributed by atoms with Gasteiger partial charge in [-0.15, -0.1) is 0 Å². The fraction of sp³-hybridized carbons (Fsp3) is 0.462. The Morgan fingerprint density at radius 3 is 2.63 bits per heavy atom. The van der Waals surface area contributed by atoms with E-state index in [0.717, 1.165) is 38.3 Å². The Hall–Kier alpha value is -2.11. The number of aromatic nitrogens is 1. The zero-order valence-corrected chi connectivity index (χ0v) is 11.0. The molecule has 2 amide bonds. The van der Waals surface area contributed by atoms with E-state index in [0.29, 0.717) is 12.2 Å². The third kappa shape index (κ3) is 3.43. The van der Waals surface area contributed by atoms with Gasteiger partial charge in [0.25, 0.3) is 0 Å². The summed E-state index contributed by atoms with van der Waals surface area (Å²) >= 11 is 0. The molecule has 102 valence electrons. The minimum Gasteiger partial charge on any atom is -0.367 e. The first-order chi connectivity index (χ1) is 9.22. The zero-order chi connectivity index (χ0) is 13.7. The number of carbonyl (C=O) groups excluding carboxylic acids is 2. The molecule has 6 heteroatoms. The van der Waals surface area contributed by atoms with Crippen molar-refractivity contribution in [2.24, 2.45) is 0 Å². The van der Waals surface area contributed by atoms with E-state index in [2.05, 4.69) is 15.2 Å². The highest BCUT2D eigenvalue weighted by molar-refractivity contribution is 5.89. The molecule has 19 heavy (non-hydrogen) atoms. The first-order valence-corrected chi connectivity index (χ1v) is 6.43. The van der Waals surface area contributed by atoms with Crippen LogP contribution in [-0.4, -0.2) is 48.4 Å². The molecular formula is C13H18N4O2. The standard InChI is InChI=1S/C13H18N4O2/c1-2-13(19)15-12-4-3-11(9-14-12)17-7-5-16(10-18)6-8-17/h3-4,9-10H,2,5-8H2,1H3,(H,14,15,19). The Morgan fingerprint density at radius 1 is 1.37 bits per heavy atom. The molecular weight excluding hydrogens is 244 g/mol. The lowest BCUT2D eigenvalue weighted by atomic mass is 10.3. The summed E-state index contributed by atoms with van der Waals surface area (Å²) < 4.78 is 0. The molecule has 1 fully saturated rings. The van der Waals surface area contributed by atoms with E-state index in [9.17, 15) is 9.59 Å². The average molecular weight is 262 g/mol. The Labute approximate surface area is 112 Å². The van der Waals surface area contributed by atoms with Crippen LogP contribution in [-0.2, 0) is 9.59 Å². The van der Waals surface area contributed by atoms with Crippen LogP contribution in [0.15, 0.2) is 18.3 Å². The fourth-order valence-electron chi connectivity index (χ4n) is 1.96. The van der Waals surface area contributed by atoms with Gasteiger partial charge in [0.05, 0.1) is 11.9 Å². The van der Waals surface area contributed by atoms with Crippen molar-refractivity contribution in [3.63, 3.8) is 0 Å². The SMILES string of the molecule is CCC(=O)Nc1ccc(N2CCN(C=O)CC2)cn1. The Morgan fingerprint density at radius 2 is 2.11 bits per heavy atom. The summed E-state index contributed by atoms with van der Waals surface area (Å²) in [6.07, 6.45) is 3.08. The third-order valence-electron chi connectivity index (χ3n) is 3.16. The number of piperazine rings is 1. The van der Waals surface area contributed by atoms with E-state index in [4.69, 9.17) is 0 Å². The van der Waals surface area contributed by atoms with Gasteiger partial charge in [-0.25, -0.2) is 4.98 Å². The van der Waals surface area contributed by atoms with Crippen LogP contribution < -0.4 is 10.2 Å². The molecule has 0 spiro atoms. The number of hydrogen-bond acceptors (Lipinski definition) is 4. The summed E-state index contributed by atoms with van der Waals surface area (Å²) in [5.41, 5.74) is 1.01. The lowest BCUT2D eigenvalue weighted by Crippen LogP contribution is -2.45. The molecule has 0 bridgehead atoms. The maximum absolute atomic E-state index is 11.2. The summed E-state index contributed by atoms with van der Waals surface area (Å²) in [5, 5.41) is 2.71. The lowest BCUT2D eigenvalue weighted by molar-refractivity contribution is -0.118. The van der Waals surface area contributed by atoms with Crippen molar-refractivity contribution in [1.82, 2.24) is 9.88 Å². The molecule has 0 aromatic carbocycles. The van der Waals surface area contributed by atoms with E-state index in [1.54, 1.807) is 24.1 Å². The molecule has 0 saturated carbocycles. The van der Waals surface area contributed by atoms with Crippen molar-refractivity contribution in [3.05, 3.63) is 18.3 Å². The average Bonchev–Trinajstić information content (AvgIpc) is 2.48. The van der Waals surface area contributed by atoms with Crippen LogP contribution in [0.3, 0.4) is 0 Å². The van der Waals surface area contributed by atoms with Gasteiger partial charge < -0.3 is 15.1 Å². The van der Waals surface area contributed by atoms with Crippen LogP contribution in [0.1, 0.15) is 13.3 Å². The van der Waals surface area contributed by atoms with E-state index in [1.807, 2.05) is 6.07 Å². The molecule has 6 nitrogen and oxygen atoms in total. The second-order valence-electron chi connectivity index (χ2n) is 4.43. The summed E-state index contributed by atoms with van der Waals surface area (Å²) in [6.45, 7) is 4.88. The molecule has 1 aliphatic rings. The normalized spacial score (nSPS) is 15.2. The second-order valence-corrected chi connectivity index (χ2v) is 4.43. The van der Waals surface area contributed by atoms with E-state index in [-0.39, 0.29) is 5.91 Å². The van der Waals surface area contributed by atoms with Gasteiger partial charge in [-0.3, -0.25) is 9.59 Å². The van der Waals surface area contributed by atoms with Crippen LogP contribution >= 0.6 is 0 Å². The van der Waals surface area contributed by atoms with Gasteiger partial charge in [0.15, 0.2) is 0 Å². The lowest BCUT2D eigenvalue weighted by Gasteiger charge is -2.33. The van der Waals surface area contributed by atoms with E-state index in [1.165, 1.54) is 0 Å². The first kappa shape index (κ1) is 13.3. The molecule has 0 radical (unpaired) electrons. The van der Waals surface area contributed by atoms with E-state index < -0.39 is 0 Å². The number of rotatable bonds is 4. The Balaban J connectivity index is 1.95. The number of carbonyl (C=O) groups is 2. The fourth-order valence-corrected chi connectivity index (χ4v) is 1.96. The molecule has 1 N–H and O–H groups in total. The molecule has 0 unspecified atom stereocenters. The summed E-state index contributed by atoms with van der Waals surface area (Å²) in [5.74, 6) is 0.530. The van der Waals surface area contributed by atoms with Gasteiger partial charge in [0, 0.05) is 32.6 Å². The van der Waals surface area contributed by atoms with E-state index >= 15 is 0 Å². The van der Waals surface area contributed by atoms with Gasteiger partial charge in [-0.05, 0) is 12.1 Å². The van der Waals surface area contributed by atoms with Gasteiger partial charge >= 0.3 is 0 Å². The van der Waals surface area contributed by atoms with Crippen molar-refractivity contribution in [1.29, 1.82) is 0 Å². The quantitative estimate of drug-likeness (QED) is 0.812. The monoisotopic (exact) mass is 262 g/mol. The Kier molecular flexibility index (Phi) is 4.33. The van der Waals surface area contributed by atoms with Crippen molar-refractivity contribution in [2.75, 3.05) is 36.4 Å². The minimum absolute atomic E-state index is 0.0418. The summed E-state index contributed by atoms with van der Waals surface area (Å²) in [7, 11) is 0. The molecule has 1 aliphatic heterocycles. The second kappa shape index (κ2) is 6.17. The molecule has 0 atom stereocenters. The van der Waals surface area contributed by atoms with Gasteiger partial charge in [-0.2, -0.15) is 0 Å². The molecule has 2 rings (SSSR count). The largest absolute Gasteiger partial charge is 0.367 e. The first-order valence-electron chi connectivity index (χ1n) is 6.43. The number of anilines is 2. The number of hydrogen-bond donors (Lipinski definition) is 1. The number of pyridine rings is 1. The van der Waals surface area contributed by atoms with Gasteiger partial charge in [0.1, 0.15) is 5.82 Å². The van der Waals surface area contributed by atoms with Crippen LogP contribution in [0.5, 0.6) is 0 Å². The highest BCUT2D eigenvalue weighted by Gasteiger charge is 2.15. The van der Waals surface area contributed by atoms with Crippen LogP contribution in [0.4, 0.5) is 11.5 Å². The van der Waals surface area contributed by atoms with Gasteiger partial charge in [0.2, 0.25) is 12.3 Å². The molecule has 0 aliphatic carbocycles. The highest BCUT2D eigenvalue weighted by Crippen LogP contribution is 2.16. The van der Waals surface area contributed by atoms with Gasteiger partial charge in [-0.1, -0.05) is 6.92 Å². The van der Waals surface area contributed by atoms with Crippen LogP contribution in [0, 0.1) is 0 Å². The molecule has 1 saturated heterocycles. The highest BCUT2D eigenvalue weighted by atomic mass is 16.1. The molecule has 1 aromatic heterocycles. The maximum atomic E-state index is 11.2. The van der Waals surface area contributed by atoms with Crippen molar-refractivity contribution in [3.8, 4) is 0 Å². The van der Waals surface area contributed by atoms with Crippen LogP contribution in [0.25, 0.3) is 0 Å². The predicted molar refractivity (Wildman–Crippen MR) is 73.0 cm³/mol. The number of amides is 2. The summed E-state index contributed by atoms with van der Waals surface area (Å²) in [4.78, 5) is 30.0. The topological polar surface area (TPSA) is 65.5 Å². The van der Waals surface area contributed by atoms with Crippen molar-refractivity contribution >= 4 is 23.8 Å². The maximum Gasteiger partial charge on any atom is 0.225 e. The smallest absolute Gasteiger partial charge is 0.225 e. The molecule has 2 heterocycles. The predicted octanol–water partition coefficient (Wildman–Crippen LogP) is 0.708. The van der Waals surface area contributed by atoms with Crippen LogP contribution in [0.2, 0.25) is 0 Å². The Bertz CT molecular complexity index is 438. The third-order valence-corrected chi connectivity index (χ3v) is 3.16. The number of nitrogens with zero attached hydrogens (tertiary/aromatic N) is 3. The van der Waals surface area contributed by atoms with Crippen molar-refractivity contribution in [2.45, 2.75) is 13.3 Å². The zero-order valence-electron chi connectivity index (χ0n) is 11.0. The van der Waals surface area contributed by atoms with Crippen molar-refractivity contribution < 1.29 is 9.59 Å².